The number of hydrogen-bond acceptors (Lipinski definition) is 4. The molecule has 1 aromatic heterocycles. The Morgan fingerprint density at radius 2 is 1.96 bits per heavy atom. The zero-order chi connectivity index (χ0) is 21.0. The summed E-state index contributed by atoms with van der Waals surface area (Å²) >= 11 is 0. The first-order valence-corrected chi connectivity index (χ1v) is 12.2. The maximum atomic E-state index is 12.5. The molecule has 27 heavy (non-hydrogen) atoms. The van der Waals surface area contributed by atoms with Crippen LogP contribution in [0, 0.1) is 0 Å². The number of aromatic amines is 1. The van der Waals surface area contributed by atoms with Gasteiger partial charge in [-0.05, 0) is 31.0 Å². The first-order chi connectivity index (χ1) is 12.4. The molecule has 0 aromatic carbocycles. The van der Waals surface area contributed by atoms with Crippen LogP contribution in [0.4, 0.5) is 0 Å². The van der Waals surface area contributed by atoms with Crippen LogP contribution in [0.3, 0.4) is 0 Å². The second-order valence-electron chi connectivity index (χ2n) is 8.25. The number of methoxy groups -OCH3 is 1. The van der Waals surface area contributed by atoms with E-state index in [0.29, 0.717) is 12.1 Å². The highest BCUT2D eigenvalue weighted by Crippen LogP contribution is 2.41. The predicted molar refractivity (Wildman–Crippen MR) is 112 cm³/mol. The molecule has 0 aliphatic carbocycles. The summed E-state index contributed by atoms with van der Waals surface area (Å²) in [6.07, 6.45) is 1.03. The van der Waals surface area contributed by atoms with Crippen molar-refractivity contribution >= 4 is 14.2 Å². The van der Waals surface area contributed by atoms with Crippen molar-refractivity contribution in [3.8, 4) is 5.75 Å². The monoisotopic (exact) mass is 394 g/mol. The lowest BCUT2D eigenvalue weighted by Crippen LogP contribution is -2.42. The minimum Gasteiger partial charge on any atom is -0.491 e. The molecule has 1 rings (SSSR count). The van der Waals surface area contributed by atoms with Crippen LogP contribution in [-0.4, -0.2) is 33.4 Å². The van der Waals surface area contributed by atoms with Crippen molar-refractivity contribution in [1.82, 2.24) is 10.3 Å². The first kappa shape index (κ1) is 23.2. The van der Waals surface area contributed by atoms with Crippen LogP contribution in [0.15, 0.2) is 23.0 Å². The highest BCUT2D eigenvalue weighted by atomic mass is 28.4. The van der Waals surface area contributed by atoms with Crippen molar-refractivity contribution in [2.75, 3.05) is 14.2 Å². The summed E-state index contributed by atoms with van der Waals surface area (Å²) in [7, 11) is 0.766. The predicted octanol–water partition coefficient (Wildman–Crippen LogP) is 4.16. The van der Waals surface area contributed by atoms with E-state index >= 15 is 0 Å². The number of carbonyl (C=O) groups is 1. The van der Waals surface area contributed by atoms with Gasteiger partial charge in [-0.3, -0.25) is 9.59 Å². The van der Waals surface area contributed by atoms with Gasteiger partial charge in [-0.2, -0.15) is 0 Å². The zero-order valence-corrected chi connectivity index (χ0v) is 18.9. The van der Waals surface area contributed by atoms with Gasteiger partial charge in [-0.15, -0.1) is 0 Å². The lowest BCUT2D eigenvalue weighted by molar-refractivity contribution is 0.0953. The number of amides is 1. The van der Waals surface area contributed by atoms with Crippen molar-refractivity contribution in [2.24, 2.45) is 0 Å². The van der Waals surface area contributed by atoms with Crippen LogP contribution >= 0.6 is 0 Å². The van der Waals surface area contributed by atoms with Gasteiger partial charge in [0.15, 0.2) is 19.8 Å². The van der Waals surface area contributed by atoms with E-state index in [1.807, 2.05) is 6.92 Å². The van der Waals surface area contributed by atoms with Crippen LogP contribution in [0.1, 0.15) is 62.8 Å². The van der Waals surface area contributed by atoms with Crippen molar-refractivity contribution in [1.29, 1.82) is 0 Å². The van der Waals surface area contributed by atoms with E-state index in [-0.39, 0.29) is 28.0 Å². The molecule has 1 amide bonds. The molecule has 1 heterocycles. The van der Waals surface area contributed by atoms with Crippen LogP contribution in [-0.2, 0) is 4.43 Å². The summed E-state index contributed by atoms with van der Waals surface area (Å²) in [5, 5.41) is 2.54. The Morgan fingerprint density at radius 3 is 2.41 bits per heavy atom. The first-order valence-electron chi connectivity index (χ1n) is 9.25. The molecule has 0 saturated carbocycles. The average Bonchev–Trinajstić information content (AvgIpc) is 2.58. The number of pyridine rings is 1. The topological polar surface area (TPSA) is 80.4 Å². The van der Waals surface area contributed by atoms with Gasteiger partial charge in [0.05, 0.1) is 13.2 Å². The fraction of sp³-hybridized carbons (Fsp3) is 0.600. The number of hydrogen-bond donors (Lipinski definition) is 2. The van der Waals surface area contributed by atoms with Crippen LogP contribution in [0.2, 0.25) is 18.1 Å². The molecule has 7 heteroatoms. The van der Waals surface area contributed by atoms with E-state index in [1.54, 1.807) is 0 Å². The van der Waals surface area contributed by atoms with Crippen LogP contribution in [0.25, 0.3) is 0 Å². The average molecular weight is 395 g/mol. The largest absolute Gasteiger partial charge is 0.491 e. The number of nitrogens with one attached hydrogen (secondary N) is 2. The molecule has 0 spiro atoms. The normalized spacial score (nSPS) is 13.2. The van der Waals surface area contributed by atoms with Gasteiger partial charge in [0.25, 0.3) is 5.91 Å². The van der Waals surface area contributed by atoms with Gasteiger partial charge in [0, 0.05) is 18.8 Å². The molecular formula is C20H34N2O4Si. The highest BCUT2D eigenvalue weighted by Gasteiger charge is 2.40. The van der Waals surface area contributed by atoms with Gasteiger partial charge < -0.3 is 19.5 Å². The van der Waals surface area contributed by atoms with E-state index in [2.05, 4.69) is 50.7 Å². The molecule has 1 atom stereocenters. The van der Waals surface area contributed by atoms with Crippen molar-refractivity contribution in [2.45, 2.75) is 64.8 Å². The Hall–Kier alpha value is -1.86. The standard InChI is InChI=1S/C20H34N2O4Si/c1-10-13(2)11-16(26-27(8,9)20(3,4)5)14-12-15(23)18(25-7)17(22-14)19(24)21-6/h12,16H,2,10-11H2,1,3-9H3,(H,21,24)(H,22,23). The fourth-order valence-corrected chi connectivity index (χ4v) is 3.66. The molecule has 0 bridgehead atoms. The summed E-state index contributed by atoms with van der Waals surface area (Å²) in [5.74, 6) is -0.412. The number of H-pyrrole nitrogens is 1. The molecule has 0 aliphatic heterocycles. The molecule has 0 saturated heterocycles. The Morgan fingerprint density at radius 1 is 1.37 bits per heavy atom. The molecule has 0 radical (unpaired) electrons. The Bertz CT molecular complexity index is 747. The lowest BCUT2D eigenvalue weighted by Gasteiger charge is -2.39. The Balaban J connectivity index is 3.50. The minimum absolute atomic E-state index is 0.00139. The van der Waals surface area contributed by atoms with E-state index < -0.39 is 14.2 Å². The van der Waals surface area contributed by atoms with Crippen LogP contribution in [0.5, 0.6) is 5.75 Å². The van der Waals surface area contributed by atoms with Gasteiger partial charge >= 0.3 is 0 Å². The number of ether oxygens (including phenoxy) is 1. The summed E-state index contributed by atoms with van der Waals surface area (Å²) in [6.45, 7) is 17.0. The Kier molecular flexibility index (Phi) is 7.63. The summed E-state index contributed by atoms with van der Waals surface area (Å²) in [6, 6.07) is 1.46. The molecule has 0 fully saturated rings. The van der Waals surface area contributed by atoms with Crippen molar-refractivity contribution < 1.29 is 14.0 Å². The lowest BCUT2D eigenvalue weighted by atomic mass is 10.0. The Labute approximate surface area is 163 Å². The molecular weight excluding hydrogens is 360 g/mol. The summed E-state index contributed by atoms with van der Waals surface area (Å²) < 4.78 is 11.7. The van der Waals surface area contributed by atoms with E-state index in [4.69, 9.17) is 9.16 Å². The molecule has 1 aromatic rings. The second-order valence-corrected chi connectivity index (χ2v) is 13.0. The maximum absolute atomic E-state index is 12.5. The highest BCUT2D eigenvalue weighted by molar-refractivity contribution is 6.74. The maximum Gasteiger partial charge on any atom is 0.271 e. The van der Waals surface area contributed by atoms with E-state index in [9.17, 15) is 9.59 Å². The number of carbonyl (C=O) groups excluding carboxylic acids is 1. The third kappa shape index (κ3) is 5.56. The summed E-state index contributed by atoms with van der Waals surface area (Å²) in [4.78, 5) is 27.9. The zero-order valence-electron chi connectivity index (χ0n) is 17.9. The van der Waals surface area contributed by atoms with Crippen LogP contribution < -0.4 is 15.5 Å². The van der Waals surface area contributed by atoms with Crippen molar-refractivity contribution in [3.63, 3.8) is 0 Å². The van der Waals surface area contributed by atoms with E-state index in [0.717, 1.165) is 12.0 Å². The fourth-order valence-electron chi connectivity index (χ4n) is 2.38. The third-order valence-electron chi connectivity index (χ3n) is 5.23. The minimum atomic E-state index is -2.12. The van der Waals surface area contributed by atoms with Crippen molar-refractivity contribution in [3.05, 3.63) is 39.8 Å². The quantitative estimate of drug-likeness (QED) is 0.512. The van der Waals surface area contributed by atoms with Gasteiger partial charge in [-0.1, -0.05) is 39.8 Å². The SMILES string of the molecule is C=C(CC)CC(O[Si](C)(C)C(C)(C)C)c1cc(=O)c(OC)c(C(=O)NC)[nH]1. The van der Waals surface area contributed by atoms with Gasteiger partial charge in [-0.25, -0.2) is 0 Å². The molecule has 6 nitrogen and oxygen atoms in total. The smallest absolute Gasteiger partial charge is 0.271 e. The molecule has 152 valence electrons. The van der Waals surface area contributed by atoms with E-state index in [1.165, 1.54) is 20.2 Å². The molecule has 0 aliphatic rings. The van der Waals surface area contributed by atoms with Gasteiger partial charge in [0.1, 0.15) is 0 Å². The molecule has 2 N–H and O–H groups in total. The molecule has 1 unspecified atom stereocenters. The van der Waals surface area contributed by atoms with Gasteiger partial charge in [0.2, 0.25) is 5.43 Å². The second kappa shape index (κ2) is 8.88. The number of rotatable bonds is 8. The number of aromatic nitrogens is 1. The summed E-state index contributed by atoms with van der Waals surface area (Å²) in [5.41, 5.74) is 1.35. The third-order valence-corrected chi connectivity index (χ3v) is 9.72.